The highest BCUT2D eigenvalue weighted by Crippen LogP contribution is 2.25. The monoisotopic (exact) mass is 283 g/mol. The molecule has 2 heterocycles. The van der Waals surface area contributed by atoms with Crippen LogP contribution in [-0.2, 0) is 6.42 Å². The molecular weight excluding hydrogens is 270 g/mol. The maximum Gasteiger partial charge on any atom is 0.0749 e. The standard InChI is InChI=1S/C16H14ClN3/c17-14-10-19-8-6-12(14)9-15(18)13-5-1-3-11-4-2-7-20-16(11)13/h1-8,10,15H,9,18H2. The minimum absolute atomic E-state index is 0.145. The highest BCUT2D eigenvalue weighted by Gasteiger charge is 2.13. The van der Waals surface area contributed by atoms with Crippen molar-refractivity contribution in [3.63, 3.8) is 0 Å². The summed E-state index contributed by atoms with van der Waals surface area (Å²) in [6.45, 7) is 0. The number of nitrogens with zero attached hydrogens (tertiary/aromatic N) is 2. The smallest absolute Gasteiger partial charge is 0.0749 e. The summed E-state index contributed by atoms with van der Waals surface area (Å²) in [7, 11) is 0. The van der Waals surface area contributed by atoms with Crippen molar-refractivity contribution in [2.24, 2.45) is 5.73 Å². The Labute approximate surface area is 122 Å². The van der Waals surface area contributed by atoms with E-state index >= 15 is 0 Å². The van der Waals surface area contributed by atoms with E-state index in [0.717, 1.165) is 22.0 Å². The maximum atomic E-state index is 6.34. The summed E-state index contributed by atoms with van der Waals surface area (Å²) in [6.07, 6.45) is 5.83. The molecule has 2 N–H and O–H groups in total. The predicted molar refractivity (Wildman–Crippen MR) is 81.6 cm³/mol. The molecule has 0 aliphatic rings. The van der Waals surface area contributed by atoms with E-state index in [1.165, 1.54) is 0 Å². The van der Waals surface area contributed by atoms with Gasteiger partial charge in [-0.3, -0.25) is 9.97 Å². The number of benzene rings is 1. The van der Waals surface area contributed by atoms with E-state index in [1.54, 1.807) is 18.6 Å². The van der Waals surface area contributed by atoms with Gasteiger partial charge in [-0.25, -0.2) is 0 Å². The molecule has 0 amide bonds. The number of aromatic nitrogens is 2. The van der Waals surface area contributed by atoms with E-state index in [1.807, 2.05) is 36.4 Å². The van der Waals surface area contributed by atoms with E-state index in [2.05, 4.69) is 9.97 Å². The van der Waals surface area contributed by atoms with Gasteiger partial charge < -0.3 is 5.73 Å². The number of pyridine rings is 2. The molecule has 1 aromatic carbocycles. The van der Waals surface area contributed by atoms with E-state index < -0.39 is 0 Å². The summed E-state index contributed by atoms with van der Waals surface area (Å²) < 4.78 is 0. The third kappa shape index (κ3) is 2.50. The molecule has 0 aliphatic carbocycles. The summed E-state index contributed by atoms with van der Waals surface area (Å²) in [5, 5.41) is 1.75. The Morgan fingerprint density at radius 2 is 1.95 bits per heavy atom. The third-order valence-electron chi connectivity index (χ3n) is 3.36. The number of hydrogen-bond acceptors (Lipinski definition) is 3. The van der Waals surface area contributed by atoms with Gasteiger partial charge in [0.15, 0.2) is 0 Å². The molecule has 2 aromatic heterocycles. The first-order valence-corrected chi connectivity index (χ1v) is 6.81. The lowest BCUT2D eigenvalue weighted by Crippen LogP contribution is -2.14. The second-order valence-electron chi connectivity index (χ2n) is 4.70. The van der Waals surface area contributed by atoms with Crippen LogP contribution < -0.4 is 5.73 Å². The molecule has 0 aliphatic heterocycles. The molecule has 0 bridgehead atoms. The van der Waals surface area contributed by atoms with Crippen LogP contribution in [0.5, 0.6) is 0 Å². The van der Waals surface area contributed by atoms with Gasteiger partial charge in [-0.1, -0.05) is 35.9 Å². The minimum Gasteiger partial charge on any atom is -0.324 e. The Balaban J connectivity index is 1.97. The van der Waals surface area contributed by atoms with Crippen LogP contribution in [0.15, 0.2) is 55.0 Å². The van der Waals surface area contributed by atoms with Crippen molar-refractivity contribution in [2.75, 3.05) is 0 Å². The molecule has 1 atom stereocenters. The van der Waals surface area contributed by atoms with Gasteiger partial charge in [-0.05, 0) is 29.7 Å². The van der Waals surface area contributed by atoms with Crippen LogP contribution >= 0.6 is 11.6 Å². The maximum absolute atomic E-state index is 6.34. The Morgan fingerprint density at radius 3 is 2.80 bits per heavy atom. The van der Waals surface area contributed by atoms with E-state index in [4.69, 9.17) is 17.3 Å². The van der Waals surface area contributed by atoms with Gasteiger partial charge in [0.25, 0.3) is 0 Å². The van der Waals surface area contributed by atoms with Crippen molar-refractivity contribution in [1.29, 1.82) is 0 Å². The fourth-order valence-corrected chi connectivity index (χ4v) is 2.54. The Hall–Kier alpha value is -1.97. The Morgan fingerprint density at radius 1 is 1.10 bits per heavy atom. The first kappa shape index (κ1) is 13.0. The fraction of sp³-hybridized carbons (Fsp3) is 0.125. The molecule has 3 rings (SSSR count). The SMILES string of the molecule is NC(Cc1ccncc1Cl)c1cccc2cccnc12. The Kier molecular flexibility index (Phi) is 3.63. The van der Waals surface area contributed by atoms with Crippen molar-refractivity contribution >= 4 is 22.5 Å². The van der Waals surface area contributed by atoms with Crippen molar-refractivity contribution in [1.82, 2.24) is 9.97 Å². The van der Waals surface area contributed by atoms with Crippen molar-refractivity contribution < 1.29 is 0 Å². The molecule has 0 saturated carbocycles. The number of hydrogen-bond donors (Lipinski definition) is 1. The van der Waals surface area contributed by atoms with Crippen LogP contribution in [0, 0.1) is 0 Å². The van der Waals surface area contributed by atoms with Crippen LogP contribution in [0.4, 0.5) is 0 Å². The lowest BCUT2D eigenvalue weighted by molar-refractivity contribution is 0.725. The molecule has 0 radical (unpaired) electrons. The highest BCUT2D eigenvalue weighted by atomic mass is 35.5. The second-order valence-corrected chi connectivity index (χ2v) is 5.11. The summed E-state index contributed by atoms with van der Waals surface area (Å²) in [5.41, 5.74) is 9.33. The quantitative estimate of drug-likeness (QED) is 0.800. The van der Waals surface area contributed by atoms with Crippen LogP contribution in [0.2, 0.25) is 5.02 Å². The van der Waals surface area contributed by atoms with Gasteiger partial charge in [0, 0.05) is 30.0 Å². The molecule has 0 saturated heterocycles. The molecule has 0 spiro atoms. The zero-order valence-electron chi connectivity index (χ0n) is 10.8. The van der Waals surface area contributed by atoms with Crippen molar-refractivity contribution in [3.8, 4) is 0 Å². The average molecular weight is 284 g/mol. The molecule has 4 heteroatoms. The van der Waals surface area contributed by atoms with Crippen molar-refractivity contribution in [3.05, 3.63) is 71.1 Å². The number of halogens is 1. The Bertz CT molecular complexity index is 737. The van der Waals surface area contributed by atoms with E-state index in [0.29, 0.717) is 11.4 Å². The molecule has 3 aromatic rings. The van der Waals surface area contributed by atoms with E-state index in [-0.39, 0.29) is 6.04 Å². The molecule has 20 heavy (non-hydrogen) atoms. The molecule has 0 fully saturated rings. The molecular formula is C16H14ClN3. The lowest BCUT2D eigenvalue weighted by Gasteiger charge is -2.14. The van der Waals surface area contributed by atoms with Crippen LogP contribution in [0.3, 0.4) is 0 Å². The van der Waals surface area contributed by atoms with Crippen LogP contribution in [-0.4, -0.2) is 9.97 Å². The molecule has 3 nitrogen and oxygen atoms in total. The van der Waals surface area contributed by atoms with Gasteiger partial charge in [0.1, 0.15) is 0 Å². The van der Waals surface area contributed by atoms with Crippen molar-refractivity contribution in [2.45, 2.75) is 12.5 Å². The predicted octanol–water partition coefficient (Wildman–Crippen LogP) is 3.53. The number of nitrogens with two attached hydrogens (primary N) is 1. The van der Waals surface area contributed by atoms with Gasteiger partial charge in [-0.15, -0.1) is 0 Å². The summed E-state index contributed by atoms with van der Waals surface area (Å²) in [6, 6.07) is 11.8. The topological polar surface area (TPSA) is 51.8 Å². The van der Waals surface area contributed by atoms with Gasteiger partial charge in [0.05, 0.1) is 10.5 Å². The normalized spacial score (nSPS) is 12.5. The first-order valence-electron chi connectivity index (χ1n) is 6.43. The molecule has 100 valence electrons. The zero-order valence-corrected chi connectivity index (χ0v) is 11.6. The second kappa shape index (κ2) is 5.57. The number of rotatable bonds is 3. The minimum atomic E-state index is -0.145. The average Bonchev–Trinajstić information content (AvgIpc) is 2.49. The first-order chi connectivity index (χ1) is 9.75. The number of fused-ring (bicyclic) bond motifs is 1. The van der Waals surface area contributed by atoms with Gasteiger partial charge >= 0.3 is 0 Å². The van der Waals surface area contributed by atoms with Crippen LogP contribution in [0.25, 0.3) is 10.9 Å². The summed E-state index contributed by atoms with van der Waals surface area (Å²) in [5.74, 6) is 0. The lowest BCUT2D eigenvalue weighted by atomic mass is 9.98. The third-order valence-corrected chi connectivity index (χ3v) is 3.70. The van der Waals surface area contributed by atoms with Crippen LogP contribution in [0.1, 0.15) is 17.2 Å². The van der Waals surface area contributed by atoms with Gasteiger partial charge in [-0.2, -0.15) is 0 Å². The zero-order chi connectivity index (χ0) is 13.9. The summed E-state index contributed by atoms with van der Waals surface area (Å²) in [4.78, 5) is 8.43. The summed E-state index contributed by atoms with van der Waals surface area (Å²) >= 11 is 6.14. The van der Waals surface area contributed by atoms with E-state index in [9.17, 15) is 0 Å². The molecule has 1 unspecified atom stereocenters. The van der Waals surface area contributed by atoms with Gasteiger partial charge in [0.2, 0.25) is 0 Å². The highest BCUT2D eigenvalue weighted by molar-refractivity contribution is 6.31. The fourth-order valence-electron chi connectivity index (χ4n) is 2.34. The number of para-hydroxylation sites is 1. The largest absolute Gasteiger partial charge is 0.324 e.